The minimum atomic E-state index is 0.150. The molecule has 202 valence electrons. The Bertz CT molecular complexity index is 1190. The maximum Gasteiger partial charge on any atom is 0.254 e. The van der Waals surface area contributed by atoms with Crippen molar-refractivity contribution >= 4 is 16.7 Å². The van der Waals surface area contributed by atoms with Crippen molar-refractivity contribution in [3.63, 3.8) is 0 Å². The van der Waals surface area contributed by atoms with Gasteiger partial charge in [-0.25, -0.2) is 0 Å². The summed E-state index contributed by atoms with van der Waals surface area (Å²) < 4.78 is 6.02. The lowest BCUT2D eigenvalue weighted by Crippen LogP contribution is -2.49. The van der Waals surface area contributed by atoms with Crippen molar-refractivity contribution in [3.8, 4) is 5.75 Å². The molecule has 0 atom stereocenters. The summed E-state index contributed by atoms with van der Waals surface area (Å²) in [5.41, 5.74) is 2.61. The van der Waals surface area contributed by atoms with Crippen LogP contribution in [0, 0.1) is 5.41 Å². The lowest BCUT2D eigenvalue weighted by Gasteiger charge is -2.38. The predicted octanol–water partition coefficient (Wildman–Crippen LogP) is 5.73. The maximum absolute atomic E-state index is 13.2. The summed E-state index contributed by atoms with van der Waals surface area (Å²) in [4.78, 5) is 20.3. The molecule has 3 aromatic rings. The van der Waals surface area contributed by atoms with Crippen molar-refractivity contribution in [1.29, 1.82) is 0 Å². The van der Waals surface area contributed by atoms with E-state index in [-0.39, 0.29) is 5.91 Å². The van der Waals surface area contributed by atoms with Crippen LogP contribution in [0.15, 0.2) is 66.7 Å². The third-order valence-electron chi connectivity index (χ3n) is 8.19. The Balaban J connectivity index is 1.01. The van der Waals surface area contributed by atoms with Crippen molar-refractivity contribution in [2.24, 2.45) is 5.41 Å². The van der Waals surface area contributed by atoms with Gasteiger partial charge >= 0.3 is 0 Å². The Kier molecular flexibility index (Phi) is 8.65. The number of hydrogen-bond donors (Lipinski definition) is 0. The van der Waals surface area contributed by atoms with Gasteiger partial charge in [0.05, 0.1) is 6.61 Å². The highest BCUT2D eigenvalue weighted by Crippen LogP contribution is 2.28. The number of piperidine rings is 1. The number of benzene rings is 3. The number of fused-ring (bicyclic) bond motifs is 1. The van der Waals surface area contributed by atoms with Gasteiger partial charge in [0.2, 0.25) is 0 Å². The van der Waals surface area contributed by atoms with Gasteiger partial charge in [-0.15, -0.1) is 0 Å². The van der Waals surface area contributed by atoms with E-state index in [1.54, 1.807) is 0 Å². The van der Waals surface area contributed by atoms with Gasteiger partial charge in [-0.3, -0.25) is 9.69 Å². The third kappa shape index (κ3) is 6.95. The van der Waals surface area contributed by atoms with Crippen LogP contribution in [0.25, 0.3) is 10.8 Å². The zero-order chi connectivity index (χ0) is 26.4. The average molecular weight is 514 g/mol. The van der Waals surface area contributed by atoms with Crippen LogP contribution in [0.1, 0.15) is 49.0 Å². The molecule has 0 aromatic heterocycles. The highest BCUT2D eigenvalue weighted by atomic mass is 16.5. The molecule has 2 aliphatic heterocycles. The molecule has 38 heavy (non-hydrogen) atoms. The van der Waals surface area contributed by atoms with Crippen molar-refractivity contribution in [3.05, 3.63) is 77.9 Å². The monoisotopic (exact) mass is 513 g/mol. The summed E-state index contributed by atoms with van der Waals surface area (Å²) in [6.45, 7) is 13.5. The molecular weight excluding hydrogens is 470 g/mol. The Labute approximate surface area is 228 Å². The first-order valence-electron chi connectivity index (χ1n) is 14.4. The van der Waals surface area contributed by atoms with Gasteiger partial charge in [0.25, 0.3) is 5.91 Å². The minimum Gasteiger partial charge on any atom is -0.494 e. The highest BCUT2D eigenvalue weighted by molar-refractivity contribution is 6.07. The summed E-state index contributed by atoms with van der Waals surface area (Å²) >= 11 is 0. The van der Waals surface area contributed by atoms with Crippen LogP contribution in [0.4, 0.5) is 0 Å². The van der Waals surface area contributed by atoms with Crippen molar-refractivity contribution < 1.29 is 9.53 Å². The number of piperazine rings is 1. The Morgan fingerprint density at radius 3 is 2.39 bits per heavy atom. The number of ether oxygens (including phenoxy) is 1. The van der Waals surface area contributed by atoms with E-state index < -0.39 is 0 Å². The highest BCUT2D eigenvalue weighted by Gasteiger charge is 2.26. The van der Waals surface area contributed by atoms with E-state index in [4.69, 9.17) is 4.74 Å². The number of amides is 1. The van der Waals surface area contributed by atoms with Crippen LogP contribution in [-0.2, 0) is 6.42 Å². The molecule has 0 N–H and O–H groups in total. The van der Waals surface area contributed by atoms with Gasteiger partial charge in [-0.1, -0.05) is 62.4 Å². The molecule has 2 heterocycles. The number of rotatable bonds is 9. The van der Waals surface area contributed by atoms with Gasteiger partial charge in [-0.05, 0) is 72.2 Å². The molecule has 0 unspecified atom stereocenters. The summed E-state index contributed by atoms with van der Waals surface area (Å²) in [7, 11) is 0. The van der Waals surface area contributed by atoms with E-state index in [1.165, 1.54) is 31.5 Å². The molecule has 5 heteroatoms. The van der Waals surface area contributed by atoms with E-state index in [1.807, 2.05) is 35.2 Å². The minimum absolute atomic E-state index is 0.150. The van der Waals surface area contributed by atoms with Gasteiger partial charge in [0.1, 0.15) is 5.75 Å². The van der Waals surface area contributed by atoms with Gasteiger partial charge < -0.3 is 14.5 Å². The quantitative estimate of drug-likeness (QED) is 0.342. The van der Waals surface area contributed by atoms with Gasteiger partial charge in [0, 0.05) is 51.4 Å². The second-order valence-electron chi connectivity index (χ2n) is 11.8. The summed E-state index contributed by atoms with van der Waals surface area (Å²) in [6.07, 6.45) is 4.75. The Hall–Kier alpha value is -2.89. The zero-order valence-corrected chi connectivity index (χ0v) is 23.2. The maximum atomic E-state index is 13.2. The lowest BCUT2D eigenvalue weighted by molar-refractivity contribution is 0.0640. The Morgan fingerprint density at radius 2 is 1.61 bits per heavy atom. The second-order valence-corrected chi connectivity index (χ2v) is 11.8. The molecule has 0 bridgehead atoms. The number of nitrogens with zero attached hydrogens (tertiary/aromatic N) is 3. The fourth-order valence-electron chi connectivity index (χ4n) is 6.01. The number of carbonyl (C=O) groups is 1. The van der Waals surface area contributed by atoms with Crippen LogP contribution >= 0.6 is 0 Å². The van der Waals surface area contributed by atoms with Crippen LogP contribution in [0.3, 0.4) is 0 Å². The lowest BCUT2D eigenvalue weighted by atomic mass is 9.84. The topological polar surface area (TPSA) is 36.0 Å². The Morgan fingerprint density at radius 1 is 0.842 bits per heavy atom. The van der Waals surface area contributed by atoms with Crippen molar-refractivity contribution in [2.45, 2.75) is 39.5 Å². The summed E-state index contributed by atoms with van der Waals surface area (Å²) in [5.74, 6) is 1.12. The molecule has 0 aliphatic carbocycles. The van der Waals surface area contributed by atoms with Crippen molar-refractivity contribution in [1.82, 2.24) is 14.7 Å². The fraction of sp³-hybridized carbons (Fsp3) is 0.485. The molecule has 2 saturated heterocycles. The molecule has 5 nitrogen and oxygen atoms in total. The summed E-state index contributed by atoms with van der Waals surface area (Å²) in [6, 6.07) is 22.8. The smallest absolute Gasteiger partial charge is 0.254 e. The standard InChI is InChI=1S/C33H43N3O2/c1-33(2)17-6-18-35(26-33)19-7-25-38-29-14-12-27(13-15-29)16-20-34-21-23-36(24-22-34)32(37)31-11-5-9-28-8-3-4-10-30(28)31/h3-5,8-15H,6-7,16-26H2,1-2H3. The molecule has 1 amide bonds. The summed E-state index contributed by atoms with van der Waals surface area (Å²) in [5, 5.41) is 2.16. The SMILES string of the molecule is CC1(C)CCCN(CCCOc2ccc(CCN3CCN(C(=O)c4cccc5ccccc45)CC3)cc2)C1. The van der Waals surface area contributed by atoms with E-state index in [0.29, 0.717) is 5.41 Å². The van der Waals surface area contributed by atoms with Crippen LogP contribution in [0.2, 0.25) is 0 Å². The third-order valence-corrected chi connectivity index (χ3v) is 8.19. The number of carbonyl (C=O) groups excluding carboxylic acids is 1. The average Bonchev–Trinajstić information content (AvgIpc) is 2.94. The predicted molar refractivity (Wildman–Crippen MR) is 156 cm³/mol. The van der Waals surface area contributed by atoms with Crippen LogP contribution < -0.4 is 4.74 Å². The zero-order valence-electron chi connectivity index (χ0n) is 23.2. The molecule has 2 aliphatic rings. The molecule has 0 radical (unpaired) electrons. The molecular formula is C33H43N3O2. The first-order chi connectivity index (χ1) is 18.5. The van der Waals surface area contributed by atoms with E-state index in [0.717, 1.165) is 80.8 Å². The molecule has 0 spiro atoms. The van der Waals surface area contributed by atoms with E-state index >= 15 is 0 Å². The molecule has 5 rings (SSSR count). The van der Waals surface area contributed by atoms with Crippen molar-refractivity contribution in [2.75, 3.05) is 59.0 Å². The molecule has 2 fully saturated rings. The molecule has 0 saturated carbocycles. The molecule has 3 aromatic carbocycles. The largest absolute Gasteiger partial charge is 0.494 e. The van der Waals surface area contributed by atoms with Crippen LogP contribution in [-0.4, -0.2) is 79.6 Å². The first kappa shape index (κ1) is 26.7. The van der Waals surface area contributed by atoms with E-state index in [9.17, 15) is 4.79 Å². The van der Waals surface area contributed by atoms with Gasteiger partial charge in [0.15, 0.2) is 0 Å². The normalized spacial score (nSPS) is 18.5. The second kappa shape index (κ2) is 12.3. The first-order valence-corrected chi connectivity index (χ1v) is 14.4. The number of likely N-dealkylation sites (tertiary alicyclic amines) is 1. The van der Waals surface area contributed by atoms with E-state index in [2.05, 4.69) is 60.0 Å². The van der Waals surface area contributed by atoms with Gasteiger partial charge in [-0.2, -0.15) is 0 Å². The van der Waals surface area contributed by atoms with Crippen LogP contribution in [0.5, 0.6) is 5.75 Å². The fourth-order valence-corrected chi connectivity index (χ4v) is 6.01. The number of hydrogen-bond acceptors (Lipinski definition) is 4.